The first-order chi connectivity index (χ1) is 12.7. The topological polar surface area (TPSA) is 80.0 Å². The van der Waals surface area contributed by atoms with Crippen LogP contribution >= 0.6 is 12.4 Å². The second-order valence-corrected chi connectivity index (χ2v) is 7.31. The van der Waals surface area contributed by atoms with E-state index >= 15 is 0 Å². The van der Waals surface area contributed by atoms with Gasteiger partial charge in [-0.3, -0.25) is 14.2 Å². The van der Waals surface area contributed by atoms with Gasteiger partial charge >= 0.3 is 0 Å². The first kappa shape index (κ1) is 19.7. The zero-order valence-corrected chi connectivity index (χ0v) is 16.5. The van der Waals surface area contributed by atoms with Gasteiger partial charge in [0.25, 0.3) is 5.91 Å². The van der Waals surface area contributed by atoms with Gasteiger partial charge in [-0.05, 0) is 38.3 Å². The van der Waals surface area contributed by atoms with Crippen molar-refractivity contribution in [3.05, 3.63) is 30.4 Å². The summed E-state index contributed by atoms with van der Waals surface area (Å²) in [5, 5.41) is 15.3. The van der Waals surface area contributed by atoms with Crippen LogP contribution < -0.4 is 15.5 Å². The number of halogens is 1. The molecule has 2 aliphatic rings. The van der Waals surface area contributed by atoms with Crippen LogP contribution in [0.25, 0.3) is 0 Å². The van der Waals surface area contributed by atoms with Crippen LogP contribution in [-0.4, -0.2) is 57.7 Å². The summed E-state index contributed by atoms with van der Waals surface area (Å²) in [5.74, 6) is -0.0782. The molecular formula is C18H28ClN7O. The number of rotatable bonds is 4. The van der Waals surface area contributed by atoms with E-state index in [2.05, 4.69) is 25.7 Å². The maximum atomic E-state index is 12.6. The molecule has 2 atom stereocenters. The lowest BCUT2D eigenvalue weighted by Crippen LogP contribution is -2.47. The number of nitrogens with one attached hydrogen (secondary N) is 2. The average molecular weight is 394 g/mol. The number of hydrogen-bond donors (Lipinski definition) is 2. The summed E-state index contributed by atoms with van der Waals surface area (Å²) in [6.07, 6.45) is 10.1. The third-order valence-electron chi connectivity index (χ3n) is 5.30. The number of nitrogens with zero attached hydrogens (tertiary/aromatic N) is 5. The van der Waals surface area contributed by atoms with Gasteiger partial charge in [0.2, 0.25) is 0 Å². The third-order valence-corrected chi connectivity index (χ3v) is 5.30. The molecule has 2 N–H and O–H groups in total. The largest absolute Gasteiger partial charge is 0.367 e. The van der Waals surface area contributed by atoms with Crippen molar-refractivity contribution in [2.45, 2.75) is 37.8 Å². The minimum Gasteiger partial charge on any atom is -0.367 e. The van der Waals surface area contributed by atoms with E-state index in [9.17, 15) is 4.79 Å². The second-order valence-electron chi connectivity index (χ2n) is 7.31. The summed E-state index contributed by atoms with van der Waals surface area (Å²) in [7, 11) is 1.92. The van der Waals surface area contributed by atoms with Crippen molar-refractivity contribution in [3.63, 3.8) is 0 Å². The third kappa shape index (κ3) is 4.62. The van der Waals surface area contributed by atoms with Gasteiger partial charge in [-0.1, -0.05) is 0 Å². The van der Waals surface area contributed by atoms with Crippen molar-refractivity contribution in [3.8, 4) is 0 Å². The molecule has 2 aromatic rings. The Kier molecular flexibility index (Phi) is 6.38. The van der Waals surface area contributed by atoms with Crippen LogP contribution in [0, 0.1) is 0 Å². The highest BCUT2D eigenvalue weighted by Crippen LogP contribution is 2.19. The second kappa shape index (κ2) is 8.75. The Morgan fingerprint density at radius 3 is 2.96 bits per heavy atom. The number of carbonyl (C=O) groups excluding carboxylic acids is 1. The first-order valence-corrected chi connectivity index (χ1v) is 9.49. The van der Waals surface area contributed by atoms with Gasteiger partial charge < -0.3 is 15.5 Å². The van der Waals surface area contributed by atoms with Crippen LogP contribution in [0.1, 0.15) is 42.2 Å². The van der Waals surface area contributed by atoms with Gasteiger partial charge in [-0.2, -0.15) is 10.2 Å². The number of aromatic nitrogens is 4. The van der Waals surface area contributed by atoms with E-state index < -0.39 is 0 Å². The normalized spacial score (nSPS) is 22.9. The zero-order valence-electron chi connectivity index (χ0n) is 15.7. The molecule has 2 aliphatic heterocycles. The number of anilines is 1. The fraction of sp³-hybridized carbons (Fsp3) is 0.611. The summed E-state index contributed by atoms with van der Waals surface area (Å²) < 4.78 is 3.74. The van der Waals surface area contributed by atoms with Crippen molar-refractivity contribution < 1.29 is 4.79 Å². The number of carbonyl (C=O) groups is 1. The van der Waals surface area contributed by atoms with E-state index in [0.29, 0.717) is 11.7 Å². The minimum absolute atomic E-state index is 0. The number of aryl methyl sites for hydroxylation is 1. The highest BCUT2D eigenvalue weighted by Gasteiger charge is 2.24. The number of hydrogen-bond acceptors (Lipinski definition) is 5. The predicted molar refractivity (Wildman–Crippen MR) is 107 cm³/mol. The Bertz CT molecular complexity index is 752. The smallest absolute Gasteiger partial charge is 0.272 e. The van der Waals surface area contributed by atoms with Crippen molar-refractivity contribution >= 4 is 24.0 Å². The Balaban J connectivity index is 0.00000210. The predicted octanol–water partition coefficient (Wildman–Crippen LogP) is 1.36. The zero-order chi connectivity index (χ0) is 17.9. The van der Waals surface area contributed by atoms with Crippen LogP contribution in [0.5, 0.6) is 0 Å². The van der Waals surface area contributed by atoms with Crippen molar-refractivity contribution in [1.29, 1.82) is 0 Å². The molecule has 148 valence electrons. The van der Waals surface area contributed by atoms with Crippen LogP contribution in [0.15, 0.2) is 24.7 Å². The fourth-order valence-corrected chi connectivity index (χ4v) is 3.88. The van der Waals surface area contributed by atoms with Crippen molar-refractivity contribution in [1.82, 2.24) is 30.2 Å². The lowest BCUT2D eigenvalue weighted by atomic mass is 10.1. The molecule has 0 radical (unpaired) electrons. The Morgan fingerprint density at radius 2 is 2.22 bits per heavy atom. The fourth-order valence-electron chi connectivity index (χ4n) is 3.88. The molecule has 1 amide bonds. The molecule has 2 fully saturated rings. The van der Waals surface area contributed by atoms with Crippen LogP contribution in [0.4, 0.5) is 5.69 Å². The van der Waals surface area contributed by atoms with E-state index in [4.69, 9.17) is 0 Å². The molecule has 0 aromatic carbocycles. The molecule has 9 heteroatoms. The molecule has 2 unspecified atom stereocenters. The lowest BCUT2D eigenvalue weighted by molar-refractivity contribution is 0.0926. The maximum absolute atomic E-state index is 12.6. The molecule has 4 rings (SSSR count). The number of amides is 1. The first-order valence-electron chi connectivity index (χ1n) is 9.49. The Morgan fingerprint density at radius 1 is 1.33 bits per heavy atom. The van der Waals surface area contributed by atoms with E-state index in [1.54, 1.807) is 0 Å². The monoisotopic (exact) mass is 393 g/mol. The molecule has 4 heterocycles. The molecule has 0 saturated carbocycles. The minimum atomic E-state index is -0.0782. The van der Waals surface area contributed by atoms with Gasteiger partial charge in [-0.25, -0.2) is 0 Å². The van der Waals surface area contributed by atoms with E-state index in [1.165, 1.54) is 0 Å². The quantitative estimate of drug-likeness (QED) is 0.819. The molecule has 2 saturated heterocycles. The Labute approximate surface area is 165 Å². The standard InChI is InChI=1S/C18H27N7O.ClH/c1-23-13-16(11-20-23)24-8-3-4-14(12-24)21-18(26)17-6-9-25(22-17)15-5-2-7-19-10-15;/h6,9,11,13-15,19H,2-5,7-8,10,12H2,1H3,(H,21,26);1H. The van der Waals surface area contributed by atoms with Gasteiger partial charge in [0.1, 0.15) is 5.69 Å². The van der Waals surface area contributed by atoms with Gasteiger partial charge in [0, 0.05) is 45.1 Å². The van der Waals surface area contributed by atoms with Crippen molar-refractivity contribution in [2.75, 3.05) is 31.1 Å². The molecule has 2 aromatic heterocycles. The Hall–Kier alpha value is -2.06. The number of piperidine rings is 2. The maximum Gasteiger partial charge on any atom is 0.272 e. The highest BCUT2D eigenvalue weighted by molar-refractivity contribution is 5.92. The van der Waals surface area contributed by atoms with E-state index in [-0.39, 0.29) is 24.4 Å². The van der Waals surface area contributed by atoms with Crippen LogP contribution in [0.2, 0.25) is 0 Å². The summed E-state index contributed by atoms with van der Waals surface area (Å²) in [6.45, 7) is 3.80. The molecule has 0 spiro atoms. The van der Waals surface area contributed by atoms with Gasteiger partial charge in [0.15, 0.2) is 0 Å². The van der Waals surface area contributed by atoms with Crippen LogP contribution in [0.3, 0.4) is 0 Å². The van der Waals surface area contributed by atoms with Crippen molar-refractivity contribution in [2.24, 2.45) is 7.05 Å². The summed E-state index contributed by atoms with van der Waals surface area (Å²) >= 11 is 0. The van der Waals surface area contributed by atoms with E-state index in [0.717, 1.165) is 57.5 Å². The SMILES string of the molecule is Cl.Cn1cc(N2CCCC(NC(=O)c3ccn(C4CCCNC4)n3)C2)cn1. The van der Waals surface area contributed by atoms with Gasteiger partial charge in [-0.15, -0.1) is 12.4 Å². The molecule has 0 bridgehead atoms. The van der Waals surface area contributed by atoms with Crippen LogP contribution in [-0.2, 0) is 7.05 Å². The average Bonchev–Trinajstić information content (AvgIpc) is 3.32. The molecular weight excluding hydrogens is 366 g/mol. The summed E-state index contributed by atoms with van der Waals surface area (Å²) in [6, 6.07) is 2.31. The highest BCUT2D eigenvalue weighted by atomic mass is 35.5. The summed E-state index contributed by atoms with van der Waals surface area (Å²) in [4.78, 5) is 14.9. The lowest BCUT2D eigenvalue weighted by Gasteiger charge is -2.33. The molecule has 8 nitrogen and oxygen atoms in total. The van der Waals surface area contributed by atoms with Gasteiger partial charge in [0.05, 0.1) is 17.9 Å². The summed E-state index contributed by atoms with van der Waals surface area (Å²) in [5.41, 5.74) is 1.62. The molecule has 0 aliphatic carbocycles. The van der Waals surface area contributed by atoms with E-state index in [1.807, 2.05) is 41.1 Å². The molecule has 27 heavy (non-hydrogen) atoms.